The predicted molar refractivity (Wildman–Crippen MR) is 114 cm³/mol. The molecule has 0 spiro atoms. The lowest BCUT2D eigenvalue weighted by atomic mass is 10.1. The molecule has 0 heterocycles. The number of para-hydroxylation sites is 1. The molecule has 0 atom stereocenters. The minimum atomic E-state index is -4.41. The molecule has 0 aliphatic heterocycles. The average molecular weight is 509 g/mol. The highest BCUT2D eigenvalue weighted by Crippen LogP contribution is 2.24. The summed E-state index contributed by atoms with van der Waals surface area (Å²) in [6.45, 7) is 0.907. The summed E-state index contributed by atoms with van der Waals surface area (Å²) in [7, 11) is 1.59. The molecule has 154 valence electrons. The quantitative estimate of drug-likeness (QED) is 0.325. The summed E-state index contributed by atoms with van der Waals surface area (Å²) < 4.78 is 47.4. The molecule has 2 aromatic rings. The van der Waals surface area contributed by atoms with E-state index < -0.39 is 12.8 Å². The number of nitrogens with one attached hydrogen (secondary N) is 1. The number of aliphatic imine (C=N–C) groups is 1. The third-order valence-corrected chi connectivity index (χ3v) is 3.61. The number of aryl methyl sites for hydroxylation is 1. The maximum absolute atomic E-state index is 12.4. The van der Waals surface area contributed by atoms with Crippen molar-refractivity contribution < 1.29 is 22.6 Å². The van der Waals surface area contributed by atoms with Crippen molar-refractivity contribution in [2.24, 2.45) is 10.7 Å². The Balaban J connectivity index is 0.00000392. The van der Waals surface area contributed by atoms with Crippen LogP contribution in [-0.4, -0.2) is 25.9 Å². The van der Waals surface area contributed by atoms with Crippen LogP contribution >= 0.6 is 24.0 Å². The van der Waals surface area contributed by atoms with Gasteiger partial charge in [-0.15, -0.1) is 24.0 Å². The number of guanidine groups is 1. The molecule has 2 aromatic carbocycles. The number of nitrogens with zero attached hydrogens (tertiary/aromatic N) is 1. The van der Waals surface area contributed by atoms with Crippen LogP contribution in [0, 0.1) is 6.92 Å². The number of methoxy groups -OCH3 is 1. The van der Waals surface area contributed by atoms with Crippen LogP contribution in [0.1, 0.15) is 16.7 Å². The average Bonchev–Trinajstić information content (AvgIpc) is 2.60. The van der Waals surface area contributed by atoms with Crippen molar-refractivity contribution in [3.05, 3.63) is 59.2 Å². The standard InChI is InChI=1S/C19H22F3N3O2.HI/c1-13-7-8-14(17(9-13)27-12-19(20,21)22)10-24-18(23)25-16-6-4-3-5-15(16)11-26-2;/h3-9H,10-12H2,1-2H3,(H3,23,24,25);1H. The number of hydrogen-bond donors (Lipinski definition) is 2. The first-order valence-corrected chi connectivity index (χ1v) is 8.21. The maximum atomic E-state index is 12.4. The Morgan fingerprint density at radius 2 is 1.86 bits per heavy atom. The highest BCUT2D eigenvalue weighted by atomic mass is 127. The molecule has 0 aliphatic carbocycles. The minimum absolute atomic E-state index is 0. The summed E-state index contributed by atoms with van der Waals surface area (Å²) in [5, 5.41) is 2.98. The molecule has 9 heteroatoms. The number of anilines is 1. The molecule has 0 aliphatic rings. The third-order valence-electron chi connectivity index (χ3n) is 3.61. The van der Waals surface area contributed by atoms with E-state index in [9.17, 15) is 13.2 Å². The van der Waals surface area contributed by atoms with E-state index >= 15 is 0 Å². The molecular weight excluding hydrogens is 486 g/mol. The normalized spacial score (nSPS) is 11.7. The molecule has 0 saturated carbocycles. The molecule has 0 saturated heterocycles. The molecule has 3 N–H and O–H groups in total. The number of nitrogens with two attached hydrogens (primary N) is 1. The zero-order valence-electron chi connectivity index (χ0n) is 15.5. The van der Waals surface area contributed by atoms with Crippen molar-refractivity contribution in [3.63, 3.8) is 0 Å². The lowest BCUT2D eigenvalue weighted by Crippen LogP contribution is -2.23. The Morgan fingerprint density at radius 1 is 1.14 bits per heavy atom. The molecule has 0 radical (unpaired) electrons. The van der Waals surface area contributed by atoms with E-state index in [1.54, 1.807) is 32.2 Å². The van der Waals surface area contributed by atoms with Crippen LogP contribution in [0.4, 0.5) is 18.9 Å². The van der Waals surface area contributed by atoms with Gasteiger partial charge in [0.05, 0.1) is 13.2 Å². The van der Waals surface area contributed by atoms with Gasteiger partial charge < -0.3 is 20.5 Å². The van der Waals surface area contributed by atoms with E-state index in [2.05, 4.69) is 10.3 Å². The molecule has 0 amide bonds. The van der Waals surface area contributed by atoms with Gasteiger partial charge in [0, 0.05) is 23.9 Å². The van der Waals surface area contributed by atoms with Crippen LogP contribution in [0.5, 0.6) is 5.75 Å². The first kappa shape index (κ1) is 24.0. The lowest BCUT2D eigenvalue weighted by Gasteiger charge is -2.14. The van der Waals surface area contributed by atoms with Crippen molar-refractivity contribution >= 4 is 35.6 Å². The summed E-state index contributed by atoms with van der Waals surface area (Å²) >= 11 is 0. The van der Waals surface area contributed by atoms with Crippen LogP contribution in [0.15, 0.2) is 47.5 Å². The topological polar surface area (TPSA) is 68.9 Å². The van der Waals surface area contributed by atoms with Gasteiger partial charge in [-0.2, -0.15) is 13.2 Å². The van der Waals surface area contributed by atoms with E-state index in [1.807, 2.05) is 24.3 Å². The molecule has 5 nitrogen and oxygen atoms in total. The summed E-state index contributed by atoms with van der Waals surface area (Å²) in [5.74, 6) is 0.282. The number of rotatable bonds is 7. The van der Waals surface area contributed by atoms with E-state index in [0.717, 1.165) is 16.8 Å². The minimum Gasteiger partial charge on any atom is -0.484 e. The summed E-state index contributed by atoms with van der Waals surface area (Å²) in [4.78, 5) is 4.21. The molecule has 0 bridgehead atoms. The largest absolute Gasteiger partial charge is 0.484 e. The van der Waals surface area contributed by atoms with Gasteiger partial charge in [-0.1, -0.05) is 30.3 Å². The van der Waals surface area contributed by atoms with E-state index in [-0.39, 0.29) is 42.2 Å². The van der Waals surface area contributed by atoms with Crippen LogP contribution in [-0.2, 0) is 17.9 Å². The van der Waals surface area contributed by atoms with E-state index in [1.165, 1.54) is 0 Å². The first-order valence-electron chi connectivity index (χ1n) is 8.21. The van der Waals surface area contributed by atoms with Crippen molar-refractivity contribution in [1.29, 1.82) is 0 Å². The fraction of sp³-hybridized carbons (Fsp3) is 0.316. The second-order valence-corrected chi connectivity index (χ2v) is 5.93. The Bertz CT molecular complexity index is 798. The number of ether oxygens (including phenoxy) is 2. The van der Waals surface area contributed by atoms with Crippen LogP contribution < -0.4 is 15.8 Å². The first-order chi connectivity index (χ1) is 12.8. The van der Waals surface area contributed by atoms with E-state index in [0.29, 0.717) is 12.2 Å². The van der Waals surface area contributed by atoms with Gasteiger partial charge in [0.2, 0.25) is 0 Å². The fourth-order valence-corrected chi connectivity index (χ4v) is 2.36. The van der Waals surface area contributed by atoms with Crippen LogP contribution in [0.2, 0.25) is 0 Å². The van der Waals surface area contributed by atoms with Crippen molar-refractivity contribution in [3.8, 4) is 5.75 Å². The Labute approximate surface area is 179 Å². The number of halogens is 4. The van der Waals surface area contributed by atoms with Gasteiger partial charge in [-0.3, -0.25) is 0 Å². The summed E-state index contributed by atoms with van der Waals surface area (Å²) in [6.07, 6.45) is -4.41. The van der Waals surface area contributed by atoms with Gasteiger partial charge in [0.15, 0.2) is 12.6 Å². The molecule has 0 aromatic heterocycles. The summed E-state index contributed by atoms with van der Waals surface area (Å²) in [5.41, 5.74) is 8.88. The molecule has 0 unspecified atom stereocenters. The zero-order valence-corrected chi connectivity index (χ0v) is 17.9. The molecule has 0 fully saturated rings. The Morgan fingerprint density at radius 3 is 2.54 bits per heavy atom. The molecule has 28 heavy (non-hydrogen) atoms. The predicted octanol–water partition coefficient (Wildman–Crippen LogP) is 4.63. The van der Waals surface area contributed by atoms with Crippen molar-refractivity contribution in [2.45, 2.75) is 26.3 Å². The SMILES string of the molecule is COCc1ccccc1NC(N)=NCc1ccc(C)cc1OCC(F)(F)F.I. The zero-order chi connectivity index (χ0) is 19.9. The van der Waals surface area contributed by atoms with Gasteiger partial charge in [0.1, 0.15) is 5.75 Å². The lowest BCUT2D eigenvalue weighted by molar-refractivity contribution is -0.153. The Kier molecular flexibility index (Phi) is 9.53. The van der Waals surface area contributed by atoms with Crippen molar-refractivity contribution in [2.75, 3.05) is 19.0 Å². The van der Waals surface area contributed by atoms with Crippen LogP contribution in [0.3, 0.4) is 0 Å². The van der Waals surface area contributed by atoms with Crippen molar-refractivity contribution in [1.82, 2.24) is 0 Å². The van der Waals surface area contributed by atoms with Gasteiger partial charge in [-0.25, -0.2) is 4.99 Å². The third kappa shape index (κ3) is 7.93. The maximum Gasteiger partial charge on any atom is 0.422 e. The Hall–Kier alpha value is -2.01. The number of hydrogen-bond acceptors (Lipinski definition) is 3. The number of alkyl halides is 3. The van der Waals surface area contributed by atoms with Gasteiger partial charge in [-0.05, 0) is 24.6 Å². The number of benzene rings is 2. The fourth-order valence-electron chi connectivity index (χ4n) is 2.36. The smallest absolute Gasteiger partial charge is 0.422 e. The molecular formula is C19H23F3IN3O2. The summed E-state index contributed by atoms with van der Waals surface area (Å²) in [6, 6.07) is 12.5. The molecule has 2 rings (SSSR count). The monoisotopic (exact) mass is 509 g/mol. The highest BCUT2D eigenvalue weighted by molar-refractivity contribution is 14.0. The second-order valence-electron chi connectivity index (χ2n) is 5.93. The van der Waals surface area contributed by atoms with E-state index in [4.69, 9.17) is 15.2 Å². The van der Waals surface area contributed by atoms with Gasteiger partial charge in [0.25, 0.3) is 0 Å². The van der Waals surface area contributed by atoms with Crippen LogP contribution in [0.25, 0.3) is 0 Å². The highest BCUT2D eigenvalue weighted by Gasteiger charge is 2.28. The second kappa shape index (κ2) is 11.1. The van der Waals surface area contributed by atoms with Gasteiger partial charge >= 0.3 is 6.18 Å².